The zero-order chi connectivity index (χ0) is 15.8. The largest absolute Gasteiger partial charge is 0.351 e. The summed E-state index contributed by atoms with van der Waals surface area (Å²) in [4.78, 5) is 16.4. The highest BCUT2D eigenvalue weighted by molar-refractivity contribution is 5.85. The Balaban J connectivity index is 2.11. The van der Waals surface area contributed by atoms with Crippen LogP contribution in [0, 0.1) is 26.2 Å². The third-order valence-electron chi connectivity index (χ3n) is 3.90. The molecule has 3 nitrogen and oxygen atoms in total. The summed E-state index contributed by atoms with van der Waals surface area (Å²) >= 11 is 0. The van der Waals surface area contributed by atoms with Crippen LogP contribution in [0.3, 0.4) is 0 Å². The minimum absolute atomic E-state index is 0.270. The van der Waals surface area contributed by atoms with E-state index >= 15 is 0 Å². The highest BCUT2D eigenvalue weighted by Crippen LogP contribution is 2.29. The number of hydrogen-bond donors (Lipinski definition) is 0. The Morgan fingerprint density at radius 2 is 1.67 bits per heavy atom. The lowest BCUT2D eigenvalue weighted by Crippen LogP contribution is -2.35. The number of ketones is 1. The van der Waals surface area contributed by atoms with Crippen molar-refractivity contribution < 1.29 is 4.79 Å². The monoisotopic (exact) mass is 286 g/mol. The molecule has 1 aromatic rings. The van der Waals surface area contributed by atoms with E-state index in [-0.39, 0.29) is 11.2 Å². The van der Waals surface area contributed by atoms with Crippen molar-refractivity contribution in [2.75, 3.05) is 18.1 Å². The van der Waals surface area contributed by atoms with Gasteiger partial charge in [-0.2, -0.15) is 0 Å². The minimum Gasteiger partial charge on any atom is -0.351 e. The lowest BCUT2D eigenvalue weighted by atomic mass is 9.91. The van der Waals surface area contributed by atoms with Gasteiger partial charge in [-0.3, -0.25) is 4.79 Å². The molecule has 0 amide bonds. The topological polar surface area (TPSA) is 23.6 Å². The van der Waals surface area contributed by atoms with E-state index in [0.29, 0.717) is 6.54 Å². The molecule has 2 rings (SSSR count). The average Bonchev–Trinajstić information content (AvgIpc) is 2.74. The molecule has 0 N–H and O–H groups in total. The molecule has 0 spiro atoms. The number of hydrogen-bond acceptors (Lipinski definition) is 3. The summed E-state index contributed by atoms with van der Waals surface area (Å²) < 4.78 is 0. The smallest absolute Gasteiger partial charge is 0.157 e. The number of anilines is 1. The molecule has 114 valence electrons. The fourth-order valence-electron chi connectivity index (χ4n) is 2.76. The highest BCUT2D eigenvalue weighted by atomic mass is 16.1. The van der Waals surface area contributed by atoms with E-state index in [2.05, 4.69) is 48.9 Å². The van der Waals surface area contributed by atoms with Crippen molar-refractivity contribution in [3.63, 3.8) is 0 Å². The summed E-state index contributed by atoms with van der Waals surface area (Å²) in [6, 6.07) is 4.41. The molecule has 1 aliphatic rings. The number of rotatable bonds is 3. The molecule has 0 aromatic heterocycles. The van der Waals surface area contributed by atoms with Crippen molar-refractivity contribution >= 4 is 11.5 Å². The Kier molecular flexibility index (Phi) is 4.13. The van der Waals surface area contributed by atoms with Crippen LogP contribution in [0.15, 0.2) is 24.5 Å². The molecule has 0 radical (unpaired) electrons. The fourth-order valence-corrected chi connectivity index (χ4v) is 2.76. The predicted molar refractivity (Wildman–Crippen MR) is 88.3 cm³/mol. The molecule has 0 unspecified atom stereocenters. The number of carbonyl (C=O) groups excluding carboxylic acids is 1. The van der Waals surface area contributed by atoms with Crippen molar-refractivity contribution in [3.8, 4) is 0 Å². The SMILES string of the molecule is Cc1cc(C)c(N2C=CN(CC(=O)C(C)(C)C)C2)c(C)c1. The maximum atomic E-state index is 12.1. The van der Waals surface area contributed by atoms with Crippen LogP contribution < -0.4 is 4.90 Å². The first-order chi connectivity index (χ1) is 9.68. The van der Waals surface area contributed by atoms with Crippen LogP contribution in [0.25, 0.3) is 0 Å². The molecule has 1 aliphatic heterocycles. The number of carbonyl (C=O) groups is 1. The molecule has 0 fully saturated rings. The summed E-state index contributed by atoms with van der Waals surface area (Å²) in [5, 5.41) is 0. The van der Waals surface area contributed by atoms with Crippen LogP contribution >= 0.6 is 0 Å². The first kappa shape index (κ1) is 15.6. The van der Waals surface area contributed by atoms with Crippen LogP contribution in [0.4, 0.5) is 5.69 Å². The first-order valence-corrected chi connectivity index (χ1v) is 7.48. The Morgan fingerprint density at radius 3 is 2.19 bits per heavy atom. The van der Waals surface area contributed by atoms with Crippen LogP contribution in [-0.4, -0.2) is 23.9 Å². The van der Waals surface area contributed by atoms with E-state index in [1.165, 1.54) is 22.4 Å². The van der Waals surface area contributed by atoms with Crippen LogP contribution in [-0.2, 0) is 4.79 Å². The second kappa shape index (κ2) is 5.55. The van der Waals surface area contributed by atoms with Gasteiger partial charge in [0.25, 0.3) is 0 Å². The number of aryl methyl sites for hydroxylation is 3. The Labute approximate surface area is 128 Å². The Morgan fingerprint density at radius 1 is 1.10 bits per heavy atom. The predicted octanol–water partition coefficient (Wildman–Crippen LogP) is 3.78. The second-order valence-electron chi connectivity index (χ2n) is 7.08. The number of benzene rings is 1. The van der Waals surface area contributed by atoms with Gasteiger partial charge in [0.05, 0.1) is 13.2 Å². The van der Waals surface area contributed by atoms with Gasteiger partial charge in [-0.25, -0.2) is 0 Å². The first-order valence-electron chi connectivity index (χ1n) is 7.48. The Bertz CT molecular complexity index is 558. The molecule has 0 saturated heterocycles. The molecule has 0 saturated carbocycles. The van der Waals surface area contributed by atoms with Crippen molar-refractivity contribution in [2.45, 2.75) is 41.5 Å². The maximum absolute atomic E-state index is 12.1. The fraction of sp³-hybridized carbons (Fsp3) is 0.500. The van der Waals surface area contributed by atoms with Gasteiger partial charge in [-0.05, 0) is 31.9 Å². The van der Waals surface area contributed by atoms with Crippen molar-refractivity contribution in [1.29, 1.82) is 0 Å². The average molecular weight is 286 g/mol. The van der Waals surface area contributed by atoms with Gasteiger partial charge in [0, 0.05) is 23.5 Å². The molecule has 0 aliphatic carbocycles. The number of Topliss-reactive ketones (excluding diaryl/α,β-unsaturated/α-hetero) is 1. The van der Waals surface area contributed by atoms with Crippen molar-refractivity contribution in [1.82, 2.24) is 4.90 Å². The van der Waals surface area contributed by atoms with E-state index in [9.17, 15) is 4.79 Å². The second-order valence-corrected chi connectivity index (χ2v) is 7.08. The van der Waals surface area contributed by atoms with Gasteiger partial charge in [0.15, 0.2) is 5.78 Å². The van der Waals surface area contributed by atoms with E-state index < -0.39 is 0 Å². The summed E-state index contributed by atoms with van der Waals surface area (Å²) in [6.45, 7) is 13.5. The third kappa shape index (κ3) is 3.46. The summed E-state index contributed by atoms with van der Waals surface area (Å²) in [7, 11) is 0. The van der Waals surface area contributed by atoms with Gasteiger partial charge in [0.2, 0.25) is 0 Å². The maximum Gasteiger partial charge on any atom is 0.157 e. The van der Waals surface area contributed by atoms with E-state index in [1.807, 2.05) is 27.0 Å². The van der Waals surface area contributed by atoms with Gasteiger partial charge in [-0.1, -0.05) is 38.5 Å². The van der Waals surface area contributed by atoms with Crippen molar-refractivity contribution in [2.24, 2.45) is 5.41 Å². The molecule has 3 heteroatoms. The molecule has 21 heavy (non-hydrogen) atoms. The standard InChI is InChI=1S/C18H26N2O/c1-13-9-14(2)17(15(3)10-13)20-8-7-19(12-20)11-16(21)18(4,5)6/h7-10H,11-12H2,1-6H3. The zero-order valence-corrected chi connectivity index (χ0v) is 14.0. The van der Waals surface area contributed by atoms with Crippen LogP contribution in [0.5, 0.6) is 0 Å². The lowest BCUT2D eigenvalue weighted by Gasteiger charge is -2.26. The molecular formula is C18H26N2O. The van der Waals surface area contributed by atoms with E-state index in [0.717, 1.165) is 6.67 Å². The summed E-state index contributed by atoms with van der Waals surface area (Å²) in [6.07, 6.45) is 4.09. The molecule has 0 bridgehead atoms. The van der Waals surface area contributed by atoms with Gasteiger partial charge < -0.3 is 9.80 Å². The van der Waals surface area contributed by atoms with Crippen LogP contribution in [0.1, 0.15) is 37.5 Å². The normalized spacial score (nSPS) is 15.0. The molecule has 1 aromatic carbocycles. The lowest BCUT2D eigenvalue weighted by molar-refractivity contribution is -0.126. The van der Waals surface area contributed by atoms with Gasteiger partial charge >= 0.3 is 0 Å². The van der Waals surface area contributed by atoms with E-state index in [1.54, 1.807) is 0 Å². The van der Waals surface area contributed by atoms with E-state index in [4.69, 9.17) is 0 Å². The van der Waals surface area contributed by atoms with Crippen LogP contribution in [0.2, 0.25) is 0 Å². The quantitative estimate of drug-likeness (QED) is 0.845. The zero-order valence-electron chi connectivity index (χ0n) is 14.0. The highest BCUT2D eigenvalue weighted by Gasteiger charge is 2.25. The van der Waals surface area contributed by atoms with Gasteiger partial charge in [0.1, 0.15) is 0 Å². The summed E-state index contributed by atoms with van der Waals surface area (Å²) in [5.74, 6) is 0.270. The van der Waals surface area contributed by atoms with Crippen molar-refractivity contribution in [3.05, 3.63) is 41.2 Å². The minimum atomic E-state index is -0.281. The summed E-state index contributed by atoms with van der Waals surface area (Å²) in [5.41, 5.74) is 4.82. The third-order valence-corrected chi connectivity index (χ3v) is 3.90. The Hall–Kier alpha value is -1.77. The molecular weight excluding hydrogens is 260 g/mol. The van der Waals surface area contributed by atoms with Gasteiger partial charge in [-0.15, -0.1) is 0 Å². The number of nitrogens with zero attached hydrogens (tertiary/aromatic N) is 2. The molecule has 0 atom stereocenters. The molecule has 1 heterocycles.